The molecule has 0 unspecified atom stereocenters. The van der Waals surface area contributed by atoms with Gasteiger partial charge in [-0.3, -0.25) is 9.59 Å². The molecule has 6 heteroatoms. The molecule has 22 heavy (non-hydrogen) atoms. The molecule has 2 amide bonds. The highest BCUT2D eigenvalue weighted by molar-refractivity contribution is 6.31. The first-order valence-corrected chi connectivity index (χ1v) is 7.91. The summed E-state index contributed by atoms with van der Waals surface area (Å²) in [5.41, 5.74) is 0.876. The van der Waals surface area contributed by atoms with Crippen LogP contribution in [0.1, 0.15) is 36.0 Å². The number of halogens is 1. The number of hydrogen-bond acceptors (Lipinski definition) is 3. The molecule has 0 bridgehead atoms. The maximum Gasteiger partial charge on any atom is 0.253 e. The second-order valence-electron chi connectivity index (χ2n) is 6.15. The lowest BCUT2D eigenvalue weighted by atomic mass is 10.1. The summed E-state index contributed by atoms with van der Waals surface area (Å²) in [7, 11) is 0. The fourth-order valence-corrected chi connectivity index (χ4v) is 2.92. The van der Waals surface area contributed by atoms with Gasteiger partial charge >= 0.3 is 0 Å². The van der Waals surface area contributed by atoms with Crippen molar-refractivity contribution in [2.45, 2.75) is 25.7 Å². The Bertz CT molecular complexity index is 613. The van der Waals surface area contributed by atoms with E-state index in [1.54, 1.807) is 23.1 Å². The van der Waals surface area contributed by atoms with Crippen LogP contribution in [0, 0.1) is 5.41 Å². The van der Waals surface area contributed by atoms with Crippen LogP contribution in [0.2, 0.25) is 5.02 Å². The predicted molar refractivity (Wildman–Crippen MR) is 84.1 cm³/mol. The molecule has 2 aliphatic rings. The summed E-state index contributed by atoms with van der Waals surface area (Å²) in [6, 6.07) is 4.97. The molecule has 0 radical (unpaired) electrons. The lowest BCUT2D eigenvalue weighted by Gasteiger charge is -2.20. The number of hydrogen-bond donors (Lipinski definition) is 2. The molecule has 1 aromatic carbocycles. The number of aliphatic hydroxyl groups excluding tert-OH is 1. The summed E-state index contributed by atoms with van der Waals surface area (Å²) in [5.74, 6) is -0.212. The van der Waals surface area contributed by atoms with Crippen LogP contribution in [0.5, 0.6) is 0 Å². The minimum atomic E-state index is -0.230. The van der Waals surface area contributed by atoms with Crippen molar-refractivity contribution < 1.29 is 14.7 Å². The van der Waals surface area contributed by atoms with E-state index >= 15 is 0 Å². The van der Waals surface area contributed by atoms with Gasteiger partial charge in [0.1, 0.15) is 0 Å². The van der Waals surface area contributed by atoms with Gasteiger partial charge in [-0.1, -0.05) is 11.6 Å². The SMILES string of the molecule is O=C(NCC1(CO)CC1)c1ccc(Cl)cc1N1CCCC1=O. The molecule has 3 rings (SSSR count). The van der Waals surface area contributed by atoms with Gasteiger partial charge in [-0.25, -0.2) is 0 Å². The third kappa shape index (κ3) is 2.96. The highest BCUT2D eigenvalue weighted by Gasteiger charge is 2.42. The molecular weight excluding hydrogens is 304 g/mol. The van der Waals surface area contributed by atoms with Gasteiger partial charge in [0.05, 0.1) is 17.9 Å². The van der Waals surface area contributed by atoms with Gasteiger partial charge in [-0.05, 0) is 37.5 Å². The van der Waals surface area contributed by atoms with Crippen LogP contribution < -0.4 is 10.2 Å². The lowest BCUT2D eigenvalue weighted by molar-refractivity contribution is -0.117. The number of aliphatic hydroxyl groups is 1. The Hall–Kier alpha value is -1.59. The Morgan fingerprint density at radius 2 is 2.18 bits per heavy atom. The maximum absolute atomic E-state index is 12.5. The zero-order valence-electron chi connectivity index (χ0n) is 12.3. The van der Waals surface area contributed by atoms with Crippen molar-refractivity contribution in [3.63, 3.8) is 0 Å². The smallest absolute Gasteiger partial charge is 0.253 e. The van der Waals surface area contributed by atoms with Crippen LogP contribution in [0.15, 0.2) is 18.2 Å². The normalized spacial score (nSPS) is 19.4. The molecule has 1 saturated heterocycles. The van der Waals surface area contributed by atoms with Gasteiger partial charge in [0.25, 0.3) is 5.91 Å². The molecule has 1 aromatic rings. The summed E-state index contributed by atoms with van der Waals surface area (Å²) >= 11 is 6.03. The fourth-order valence-electron chi connectivity index (χ4n) is 2.75. The summed E-state index contributed by atoms with van der Waals surface area (Å²) in [6.45, 7) is 1.16. The molecule has 5 nitrogen and oxygen atoms in total. The largest absolute Gasteiger partial charge is 0.396 e. The Balaban J connectivity index is 1.80. The number of nitrogens with one attached hydrogen (secondary N) is 1. The maximum atomic E-state index is 12.5. The first-order chi connectivity index (χ1) is 10.5. The number of anilines is 1. The zero-order valence-corrected chi connectivity index (χ0v) is 13.0. The van der Waals surface area contributed by atoms with E-state index in [4.69, 9.17) is 11.6 Å². The molecule has 0 spiro atoms. The van der Waals surface area contributed by atoms with Crippen LogP contribution in [0.25, 0.3) is 0 Å². The van der Waals surface area contributed by atoms with Crippen molar-refractivity contribution in [1.82, 2.24) is 5.32 Å². The van der Waals surface area contributed by atoms with Crippen molar-refractivity contribution >= 4 is 29.1 Å². The van der Waals surface area contributed by atoms with Gasteiger partial charge in [-0.15, -0.1) is 0 Å². The second kappa shape index (κ2) is 5.89. The van der Waals surface area contributed by atoms with Crippen LogP contribution in [-0.4, -0.2) is 36.6 Å². The quantitative estimate of drug-likeness (QED) is 0.870. The van der Waals surface area contributed by atoms with E-state index in [1.165, 1.54) is 0 Å². The first-order valence-electron chi connectivity index (χ1n) is 7.54. The average Bonchev–Trinajstić information content (AvgIpc) is 3.18. The number of rotatable bonds is 5. The molecular formula is C16H19ClN2O3. The second-order valence-corrected chi connectivity index (χ2v) is 6.59. The van der Waals surface area contributed by atoms with Crippen molar-refractivity contribution in [2.24, 2.45) is 5.41 Å². The van der Waals surface area contributed by atoms with Crippen molar-refractivity contribution in [2.75, 3.05) is 24.6 Å². The molecule has 118 valence electrons. The minimum Gasteiger partial charge on any atom is -0.396 e. The van der Waals surface area contributed by atoms with Crippen LogP contribution in [0.4, 0.5) is 5.69 Å². The van der Waals surface area contributed by atoms with Crippen molar-refractivity contribution in [1.29, 1.82) is 0 Å². The van der Waals surface area contributed by atoms with Crippen LogP contribution in [0.3, 0.4) is 0 Å². The molecule has 1 aliphatic carbocycles. The first kappa shape index (κ1) is 15.3. The molecule has 0 atom stereocenters. The molecule has 2 N–H and O–H groups in total. The molecule has 1 heterocycles. The number of benzene rings is 1. The average molecular weight is 323 g/mol. The number of nitrogens with zero attached hydrogens (tertiary/aromatic N) is 1. The van der Waals surface area contributed by atoms with Crippen molar-refractivity contribution in [3.8, 4) is 0 Å². The minimum absolute atomic E-state index is 0.0188. The number of amides is 2. The molecule has 0 aromatic heterocycles. The van der Waals surface area contributed by atoms with Gasteiger partial charge < -0.3 is 15.3 Å². The van der Waals surface area contributed by atoms with E-state index < -0.39 is 0 Å². The fraction of sp³-hybridized carbons (Fsp3) is 0.500. The van der Waals surface area contributed by atoms with E-state index in [9.17, 15) is 14.7 Å². The van der Waals surface area contributed by atoms with Gasteiger partial charge in [0, 0.05) is 29.9 Å². The highest BCUT2D eigenvalue weighted by atomic mass is 35.5. The Morgan fingerprint density at radius 3 is 2.77 bits per heavy atom. The van der Waals surface area contributed by atoms with Gasteiger partial charge in [-0.2, -0.15) is 0 Å². The third-order valence-corrected chi connectivity index (χ3v) is 4.72. The Morgan fingerprint density at radius 1 is 1.41 bits per heavy atom. The van der Waals surface area contributed by atoms with E-state index in [1.807, 2.05) is 0 Å². The Labute approximate surface area is 134 Å². The summed E-state index contributed by atoms with van der Waals surface area (Å²) in [5, 5.41) is 12.7. The standard InChI is InChI=1S/C16H19ClN2O3/c17-11-3-4-12(13(8-11)19-7-1-2-14(19)21)15(22)18-9-16(10-20)5-6-16/h3-4,8,20H,1-2,5-7,9-10H2,(H,18,22). The Kier molecular flexibility index (Phi) is 4.10. The van der Waals surface area contributed by atoms with E-state index in [0.29, 0.717) is 35.8 Å². The number of carbonyl (C=O) groups excluding carboxylic acids is 2. The lowest BCUT2D eigenvalue weighted by Crippen LogP contribution is -2.34. The van der Waals surface area contributed by atoms with Crippen LogP contribution >= 0.6 is 11.6 Å². The summed E-state index contributed by atoms with van der Waals surface area (Å²) in [4.78, 5) is 26.0. The van der Waals surface area contributed by atoms with Gasteiger partial charge in [0.15, 0.2) is 0 Å². The topological polar surface area (TPSA) is 69.6 Å². The van der Waals surface area contributed by atoms with Crippen LogP contribution in [-0.2, 0) is 4.79 Å². The van der Waals surface area contributed by atoms with E-state index in [-0.39, 0.29) is 23.8 Å². The number of carbonyl (C=O) groups is 2. The molecule has 1 saturated carbocycles. The molecule has 2 fully saturated rings. The monoisotopic (exact) mass is 322 g/mol. The highest BCUT2D eigenvalue weighted by Crippen LogP contribution is 2.44. The van der Waals surface area contributed by atoms with E-state index in [0.717, 1.165) is 19.3 Å². The zero-order chi connectivity index (χ0) is 15.7. The van der Waals surface area contributed by atoms with Gasteiger partial charge in [0.2, 0.25) is 5.91 Å². The van der Waals surface area contributed by atoms with E-state index in [2.05, 4.69) is 5.32 Å². The summed E-state index contributed by atoms with van der Waals surface area (Å²) in [6.07, 6.45) is 3.16. The predicted octanol–water partition coefficient (Wildman–Crippen LogP) is 1.97. The van der Waals surface area contributed by atoms with Crippen molar-refractivity contribution in [3.05, 3.63) is 28.8 Å². The summed E-state index contributed by atoms with van der Waals surface area (Å²) < 4.78 is 0. The molecule has 1 aliphatic heterocycles. The third-order valence-electron chi connectivity index (χ3n) is 4.49.